The van der Waals surface area contributed by atoms with Crippen LogP contribution >= 0.6 is 0 Å². The molecular formula is C21H19FN2O. The van der Waals surface area contributed by atoms with Gasteiger partial charge in [0.2, 0.25) is 5.91 Å². The average Bonchev–Trinajstić information content (AvgIpc) is 3.17. The summed E-state index contributed by atoms with van der Waals surface area (Å²) in [5.41, 5.74) is 2.34. The first-order valence-electron chi connectivity index (χ1n) is 8.72. The third-order valence-corrected chi connectivity index (χ3v) is 5.18. The van der Waals surface area contributed by atoms with Gasteiger partial charge in [-0.3, -0.25) is 9.78 Å². The Morgan fingerprint density at radius 1 is 1.16 bits per heavy atom. The van der Waals surface area contributed by atoms with Crippen molar-refractivity contribution in [1.82, 2.24) is 10.3 Å². The number of rotatable bonds is 2. The molecule has 126 valence electrons. The summed E-state index contributed by atoms with van der Waals surface area (Å²) in [4.78, 5) is 16.6. The molecule has 1 saturated carbocycles. The number of nitrogens with zero attached hydrogens (tertiary/aromatic N) is 1. The number of pyridine rings is 1. The van der Waals surface area contributed by atoms with Crippen molar-refractivity contribution in [2.75, 3.05) is 0 Å². The second-order valence-electron chi connectivity index (χ2n) is 6.82. The smallest absolute Gasteiger partial charge is 0.224 e. The Bertz CT molecular complexity index is 850. The number of benzene rings is 1. The molecule has 0 spiro atoms. The van der Waals surface area contributed by atoms with Crippen LogP contribution in [0.2, 0.25) is 0 Å². The van der Waals surface area contributed by atoms with Gasteiger partial charge in [0, 0.05) is 41.4 Å². The summed E-state index contributed by atoms with van der Waals surface area (Å²) in [6.07, 6.45) is 5.85. The molecule has 0 radical (unpaired) electrons. The van der Waals surface area contributed by atoms with Crippen LogP contribution in [0.3, 0.4) is 0 Å². The number of nitrogens with one attached hydrogen (secondary N) is 1. The summed E-state index contributed by atoms with van der Waals surface area (Å²) in [6, 6.07) is 10.4. The first kappa shape index (κ1) is 15.8. The molecule has 3 atom stereocenters. The fourth-order valence-corrected chi connectivity index (χ4v) is 3.93. The largest absolute Gasteiger partial charge is 0.353 e. The van der Waals surface area contributed by atoms with Crippen molar-refractivity contribution in [3.05, 3.63) is 65.2 Å². The van der Waals surface area contributed by atoms with E-state index in [-0.39, 0.29) is 17.6 Å². The Kier molecular flexibility index (Phi) is 4.23. The summed E-state index contributed by atoms with van der Waals surface area (Å²) < 4.78 is 13.2. The van der Waals surface area contributed by atoms with Gasteiger partial charge in [0.1, 0.15) is 5.82 Å². The third-order valence-electron chi connectivity index (χ3n) is 5.18. The second-order valence-corrected chi connectivity index (χ2v) is 6.82. The maximum atomic E-state index is 13.2. The number of fused-ring (bicyclic) bond motifs is 1. The maximum absolute atomic E-state index is 13.2. The van der Waals surface area contributed by atoms with Crippen LogP contribution in [0.4, 0.5) is 4.39 Å². The van der Waals surface area contributed by atoms with Crippen molar-refractivity contribution >= 4 is 5.91 Å². The van der Waals surface area contributed by atoms with Crippen molar-refractivity contribution in [1.29, 1.82) is 0 Å². The maximum Gasteiger partial charge on any atom is 0.224 e. The van der Waals surface area contributed by atoms with Crippen molar-refractivity contribution in [3.63, 3.8) is 0 Å². The van der Waals surface area contributed by atoms with Crippen LogP contribution in [-0.4, -0.2) is 16.9 Å². The second kappa shape index (κ2) is 6.68. The molecule has 4 rings (SSSR count). The van der Waals surface area contributed by atoms with Crippen LogP contribution in [0.1, 0.15) is 36.1 Å². The van der Waals surface area contributed by atoms with Gasteiger partial charge >= 0.3 is 0 Å². The van der Waals surface area contributed by atoms with E-state index in [0.717, 1.165) is 24.1 Å². The van der Waals surface area contributed by atoms with Crippen LogP contribution in [0.25, 0.3) is 0 Å². The molecule has 3 nitrogen and oxygen atoms in total. The summed E-state index contributed by atoms with van der Waals surface area (Å²) in [6.45, 7) is 0. The minimum Gasteiger partial charge on any atom is -0.353 e. The van der Waals surface area contributed by atoms with Crippen LogP contribution in [0.5, 0.6) is 0 Å². The molecule has 0 unspecified atom stereocenters. The molecule has 2 fully saturated rings. The number of halogens is 1. The molecule has 0 bridgehead atoms. The molecule has 2 aromatic rings. The Hall–Kier alpha value is -2.67. The highest BCUT2D eigenvalue weighted by Crippen LogP contribution is 2.38. The Balaban J connectivity index is 1.45. The highest BCUT2D eigenvalue weighted by Gasteiger charge is 2.44. The van der Waals surface area contributed by atoms with Crippen LogP contribution in [0, 0.1) is 29.5 Å². The molecule has 1 aromatic heterocycles. The van der Waals surface area contributed by atoms with Gasteiger partial charge in [0.05, 0.1) is 0 Å². The fourth-order valence-electron chi connectivity index (χ4n) is 3.93. The Morgan fingerprint density at radius 3 is 2.84 bits per heavy atom. The van der Waals surface area contributed by atoms with Gasteiger partial charge in [0.15, 0.2) is 0 Å². The van der Waals surface area contributed by atoms with Crippen molar-refractivity contribution in [2.45, 2.75) is 31.7 Å². The standard InChI is InChI=1S/C21H19FN2O/c22-16-4-1-3-14(11-16)7-8-15-9-10-17(23-13-15)12-19-18-5-2-6-20(18)24-21(19)25/h1,3-4,9-11,13,18-20H,2,5-6,12H2,(H,24,25)/t18-,19+,20-/m0/s1. The molecule has 1 aliphatic heterocycles. The molecule has 1 N–H and O–H groups in total. The van der Waals surface area contributed by atoms with E-state index in [9.17, 15) is 9.18 Å². The van der Waals surface area contributed by atoms with Gasteiger partial charge in [-0.1, -0.05) is 24.3 Å². The van der Waals surface area contributed by atoms with Crippen molar-refractivity contribution in [3.8, 4) is 11.8 Å². The van der Waals surface area contributed by atoms with E-state index in [0.29, 0.717) is 23.9 Å². The highest BCUT2D eigenvalue weighted by molar-refractivity contribution is 5.82. The normalized spacial score (nSPS) is 24.4. The van der Waals surface area contributed by atoms with E-state index in [1.54, 1.807) is 18.3 Å². The topological polar surface area (TPSA) is 42.0 Å². The zero-order valence-corrected chi connectivity index (χ0v) is 13.8. The summed E-state index contributed by atoms with van der Waals surface area (Å²) in [7, 11) is 0. The lowest BCUT2D eigenvalue weighted by atomic mass is 9.88. The van der Waals surface area contributed by atoms with E-state index < -0.39 is 0 Å². The predicted molar refractivity (Wildman–Crippen MR) is 93.1 cm³/mol. The predicted octanol–water partition coefficient (Wildman–Crippen LogP) is 3.08. The first-order valence-corrected chi connectivity index (χ1v) is 8.72. The summed E-state index contributed by atoms with van der Waals surface area (Å²) >= 11 is 0. The first-order chi connectivity index (χ1) is 12.2. The minimum absolute atomic E-state index is 0.0456. The molecule has 25 heavy (non-hydrogen) atoms. The minimum atomic E-state index is -0.291. The number of carbonyl (C=O) groups is 1. The fraction of sp³-hybridized carbons (Fsp3) is 0.333. The quantitative estimate of drug-likeness (QED) is 0.858. The summed E-state index contributed by atoms with van der Waals surface area (Å²) in [5, 5.41) is 3.12. The lowest BCUT2D eigenvalue weighted by Crippen LogP contribution is -2.26. The average molecular weight is 334 g/mol. The van der Waals surface area contributed by atoms with E-state index >= 15 is 0 Å². The van der Waals surface area contributed by atoms with Crippen molar-refractivity contribution in [2.24, 2.45) is 11.8 Å². The number of carbonyl (C=O) groups excluding carboxylic acids is 1. The highest BCUT2D eigenvalue weighted by atomic mass is 19.1. The van der Waals surface area contributed by atoms with Crippen LogP contribution in [0.15, 0.2) is 42.6 Å². The third kappa shape index (κ3) is 3.41. The number of aromatic nitrogens is 1. The summed E-state index contributed by atoms with van der Waals surface area (Å²) in [5.74, 6) is 6.32. The Morgan fingerprint density at radius 2 is 2.04 bits per heavy atom. The monoisotopic (exact) mass is 334 g/mol. The van der Waals surface area contributed by atoms with E-state index in [1.165, 1.54) is 18.6 Å². The molecule has 1 aliphatic carbocycles. The van der Waals surface area contributed by atoms with Gasteiger partial charge in [-0.05, 0) is 49.1 Å². The van der Waals surface area contributed by atoms with Gasteiger partial charge in [-0.25, -0.2) is 4.39 Å². The lowest BCUT2D eigenvalue weighted by Gasteiger charge is -2.14. The SMILES string of the molecule is O=C1N[C@H]2CCC[C@H]2[C@H]1Cc1ccc(C#Cc2cccc(F)c2)cn1. The van der Waals surface area contributed by atoms with Gasteiger partial charge < -0.3 is 5.32 Å². The number of amides is 1. The zero-order chi connectivity index (χ0) is 17.2. The molecule has 2 aliphatic rings. The van der Waals surface area contributed by atoms with E-state index in [2.05, 4.69) is 22.1 Å². The molecule has 2 heterocycles. The number of hydrogen-bond acceptors (Lipinski definition) is 2. The van der Waals surface area contributed by atoms with Gasteiger partial charge in [-0.2, -0.15) is 0 Å². The van der Waals surface area contributed by atoms with E-state index in [1.807, 2.05) is 12.1 Å². The molecule has 4 heteroatoms. The lowest BCUT2D eigenvalue weighted by molar-refractivity contribution is -0.123. The van der Waals surface area contributed by atoms with E-state index in [4.69, 9.17) is 0 Å². The van der Waals surface area contributed by atoms with Crippen LogP contribution < -0.4 is 5.32 Å². The number of hydrogen-bond donors (Lipinski definition) is 1. The Labute approximate surface area is 146 Å². The molecule has 1 amide bonds. The van der Waals surface area contributed by atoms with Gasteiger partial charge in [-0.15, -0.1) is 0 Å². The molecule has 1 saturated heterocycles. The zero-order valence-electron chi connectivity index (χ0n) is 13.8. The molecular weight excluding hydrogens is 315 g/mol. The van der Waals surface area contributed by atoms with Crippen molar-refractivity contribution < 1.29 is 9.18 Å². The molecule has 1 aromatic carbocycles. The van der Waals surface area contributed by atoms with Crippen LogP contribution in [-0.2, 0) is 11.2 Å². The van der Waals surface area contributed by atoms with Gasteiger partial charge in [0.25, 0.3) is 0 Å².